The van der Waals surface area contributed by atoms with E-state index in [1.807, 2.05) is 6.07 Å². The van der Waals surface area contributed by atoms with Gasteiger partial charge in [-0.25, -0.2) is 4.98 Å². The third-order valence-corrected chi connectivity index (χ3v) is 10.9. The molecule has 6 atom stereocenters. The fourth-order valence-electron chi connectivity index (χ4n) is 9.81. The van der Waals surface area contributed by atoms with Crippen LogP contribution in [0.4, 0.5) is 0 Å². The average molecular weight is 473 g/mol. The zero-order chi connectivity index (χ0) is 23.5. The molecule has 0 radical (unpaired) electrons. The number of hydrogen-bond acceptors (Lipinski definition) is 5. The fraction of sp³-hybridized carbons (Fsp3) is 0.607. The van der Waals surface area contributed by atoms with Gasteiger partial charge >= 0.3 is 0 Å². The number of aromatic amines is 1. The summed E-state index contributed by atoms with van der Waals surface area (Å²) in [5.41, 5.74) is 3.01. The van der Waals surface area contributed by atoms with Crippen LogP contribution in [0.25, 0.3) is 0 Å². The molecule has 8 rings (SSSR count). The van der Waals surface area contributed by atoms with Crippen LogP contribution in [0.15, 0.2) is 35.4 Å². The molecule has 7 nitrogen and oxygen atoms in total. The largest absolute Gasteiger partial charge is 0.508 e. The number of nitrogens with one attached hydrogen (secondary N) is 1. The molecule has 0 spiro atoms. The fourth-order valence-corrected chi connectivity index (χ4v) is 9.81. The summed E-state index contributed by atoms with van der Waals surface area (Å²) in [5.74, 6) is 2.02. The average Bonchev–Trinajstić information content (AvgIpc) is 3.54. The number of amides is 1. The van der Waals surface area contributed by atoms with Gasteiger partial charge in [-0.1, -0.05) is 6.07 Å². The van der Waals surface area contributed by atoms with Gasteiger partial charge < -0.3 is 15.0 Å². The summed E-state index contributed by atoms with van der Waals surface area (Å²) in [5, 5.41) is 10.6. The molecule has 2 aliphatic heterocycles. The lowest BCUT2D eigenvalue weighted by Gasteiger charge is -2.66. The van der Waals surface area contributed by atoms with Crippen LogP contribution >= 0.6 is 0 Å². The zero-order valence-corrected chi connectivity index (χ0v) is 19.9. The quantitative estimate of drug-likeness (QED) is 0.717. The Balaban J connectivity index is 1.25. The second-order valence-corrected chi connectivity index (χ2v) is 12.2. The highest BCUT2D eigenvalue weighted by atomic mass is 16.3. The molecule has 4 bridgehead atoms. The Morgan fingerprint density at radius 3 is 2.91 bits per heavy atom. The highest BCUT2D eigenvalue weighted by molar-refractivity contribution is 5.92. The van der Waals surface area contributed by atoms with Gasteiger partial charge in [-0.15, -0.1) is 0 Å². The molecule has 1 amide bonds. The van der Waals surface area contributed by atoms with E-state index >= 15 is 0 Å². The van der Waals surface area contributed by atoms with Crippen molar-refractivity contribution in [1.82, 2.24) is 19.8 Å². The zero-order valence-electron chi connectivity index (χ0n) is 19.9. The van der Waals surface area contributed by atoms with Gasteiger partial charge in [-0.3, -0.25) is 14.5 Å². The topological polar surface area (TPSA) is 89.5 Å². The van der Waals surface area contributed by atoms with E-state index in [9.17, 15) is 14.7 Å². The molecule has 7 heteroatoms. The van der Waals surface area contributed by atoms with Gasteiger partial charge in [-0.05, 0) is 97.9 Å². The molecule has 5 fully saturated rings. The molecule has 6 aliphatic rings. The molecule has 2 saturated heterocycles. The van der Waals surface area contributed by atoms with Crippen LogP contribution in [0.5, 0.6) is 5.75 Å². The van der Waals surface area contributed by atoms with E-state index in [-0.39, 0.29) is 34.0 Å². The Kier molecular flexibility index (Phi) is 3.96. The van der Waals surface area contributed by atoms with Crippen molar-refractivity contribution in [3.8, 4) is 5.75 Å². The van der Waals surface area contributed by atoms with Crippen LogP contribution in [0.1, 0.15) is 60.1 Å². The third-order valence-electron chi connectivity index (χ3n) is 10.9. The van der Waals surface area contributed by atoms with Crippen LogP contribution in [0.3, 0.4) is 0 Å². The van der Waals surface area contributed by atoms with Crippen molar-refractivity contribution < 1.29 is 9.90 Å². The Hall–Kier alpha value is -2.67. The monoisotopic (exact) mass is 472 g/mol. The van der Waals surface area contributed by atoms with Gasteiger partial charge in [0.25, 0.3) is 11.5 Å². The van der Waals surface area contributed by atoms with Gasteiger partial charge in [0.1, 0.15) is 11.4 Å². The highest BCUT2D eigenvalue weighted by Crippen LogP contribution is 2.75. The highest BCUT2D eigenvalue weighted by Gasteiger charge is 2.76. The molecule has 2 aromatic rings. The molecule has 4 aliphatic carbocycles. The third kappa shape index (κ3) is 2.52. The standard InChI is InChI=1S/C28H32N4O3/c33-19-4-3-17-9-23-27-6-5-22-25(28(27,20(17)10-19)7-8-31(23)13-16-1-2-16)18(12-27)14-32(22)26(35)21-11-24(34)30-15-29-21/h3-4,10-11,15-16,18,22-23,25,33H,1-2,5-9,12-14H2,(H,29,30,34)/t18-,22-,23-,25-,27-,28+/m1/s1. The van der Waals surface area contributed by atoms with Crippen LogP contribution in [0, 0.1) is 23.2 Å². The summed E-state index contributed by atoms with van der Waals surface area (Å²) >= 11 is 0. The number of piperidine rings is 1. The predicted octanol–water partition coefficient (Wildman–Crippen LogP) is 2.69. The molecule has 182 valence electrons. The number of likely N-dealkylation sites (tertiary alicyclic amines) is 2. The number of benzene rings is 1. The maximum absolute atomic E-state index is 13.6. The second kappa shape index (κ2) is 6.75. The number of phenolic OH excluding ortho intramolecular Hbond substituents is 1. The minimum atomic E-state index is -0.286. The Bertz CT molecular complexity index is 1300. The summed E-state index contributed by atoms with van der Waals surface area (Å²) in [4.78, 5) is 37.1. The smallest absolute Gasteiger partial charge is 0.272 e. The van der Waals surface area contributed by atoms with Crippen molar-refractivity contribution in [3.63, 3.8) is 0 Å². The number of hydrogen-bond donors (Lipinski definition) is 2. The van der Waals surface area contributed by atoms with Gasteiger partial charge in [-0.2, -0.15) is 0 Å². The van der Waals surface area contributed by atoms with Crippen LogP contribution < -0.4 is 5.56 Å². The van der Waals surface area contributed by atoms with Crippen molar-refractivity contribution in [2.24, 2.45) is 23.2 Å². The normalized spacial score (nSPS) is 38.8. The molecule has 35 heavy (non-hydrogen) atoms. The number of nitrogens with zero attached hydrogens (tertiary/aromatic N) is 3. The Labute approximate surface area is 204 Å². The number of aromatic nitrogens is 2. The first kappa shape index (κ1) is 20.5. The summed E-state index contributed by atoms with van der Waals surface area (Å²) < 4.78 is 0. The molecular weight excluding hydrogens is 440 g/mol. The van der Waals surface area contributed by atoms with Gasteiger partial charge in [0.15, 0.2) is 0 Å². The molecule has 3 heterocycles. The van der Waals surface area contributed by atoms with Gasteiger partial charge in [0.05, 0.1) is 6.33 Å². The van der Waals surface area contributed by atoms with Crippen molar-refractivity contribution in [3.05, 3.63) is 57.8 Å². The first-order chi connectivity index (χ1) is 17.0. The van der Waals surface area contributed by atoms with E-state index in [4.69, 9.17) is 0 Å². The molecular formula is C28H32N4O3. The molecule has 2 N–H and O–H groups in total. The van der Waals surface area contributed by atoms with Crippen molar-refractivity contribution in [2.75, 3.05) is 19.6 Å². The number of phenols is 1. The number of fused-ring (bicyclic) bond motifs is 1. The summed E-state index contributed by atoms with van der Waals surface area (Å²) in [6, 6.07) is 8.19. The predicted molar refractivity (Wildman–Crippen MR) is 129 cm³/mol. The molecule has 1 aromatic heterocycles. The summed E-state index contributed by atoms with van der Waals surface area (Å²) in [7, 11) is 0. The lowest BCUT2D eigenvalue weighted by Crippen LogP contribution is -2.69. The lowest BCUT2D eigenvalue weighted by molar-refractivity contribution is -0.102. The second-order valence-electron chi connectivity index (χ2n) is 12.2. The first-order valence-electron chi connectivity index (χ1n) is 13.4. The van der Waals surface area contributed by atoms with E-state index in [1.54, 1.807) is 0 Å². The van der Waals surface area contributed by atoms with E-state index in [0.29, 0.717) is 23.6 Å². The Morgan fingerprint density at radius 2 is 2.09 bits per heavy atom. The maximum Gasteiger partial charge on any atom is 0.272 e. The number of rotatable bonds is 3. The molecule has 0 unspecified atom stereocenters. The van der Waals surface area contributed by atoms with E-state index in [1.165, 1.54) is 49.3 Å². The van der Waals surface area contributed by atoms with Crippen molar-refractivity contribution >= 4 is 5.91 Å². The molecule has 3 saturated carbocycles. The van der Waals surface area contributed by atoms with Crippen molar-refractivity contribution in [2.45, 2.75) is 62.4 Å². The Morgan fingerprint density at radius 1 is 1.20 bits per heavy atom. The summed E-state index contributed by atoms with van der Waals surface area (Å²) in [6.07, 6.45) is 9.64. The van der Waals surface area contributed by atoms with E-state index < -0.39 is 0 Å². The van der Waals surface area contributed by atoms with E-state index in [2.05, 4.69) is 31.9 Å². The minimum absolute atomic E-state index is 0.0221. The van der Waals surface area contributed by atoms with E-state index in [0.717, 1.165) is 44.7 Å². The van der Waals surface area contributed by atoms with Gasteiger partial charge in [0, 0.05) is 36.7 Å². The first-order valence-corrected chi connectivity index (χ1v) is 13.4. The number of carbonyl (C=O) groups is 1. The molecule has 1 aromatic carbocycles. The van der Waals surface area contributed by atoms with Crippen LogP contribution in [-0.4, -0.2) is 62.5 Å². The SMILES string of the molecule is O=C(c1cc(=O)[nH]cn1)N1C[C@H]2C[C@@]34CC[C@@H]1[C@@H]2[C@@]31CCN(CC2CC2)[C@@H]4Cc2ccc(O)cc21. The maximum atomic E-state index is 13.6. The van der Waals surface area contributed by atoms with Crippen molar-refractivity contribution in [1.29, 1.82) is 0 Å². The summed E-state index contributed by atoms with van der Waals surface area (Å²) in [6.45, 7) is 3.13. The number of aromatic hydroxyl groups is 1. The van der Waals surface area contributed by atoms with Crippen LogP contribution in [-0.2, 0) is 11.8 Å². The number of carbonyl (C=O) groups excluding carboxylic acids is 1. The minimum Gasteiger partial charge on any atom is -0.508 e. The number of H-pyrrole nitrogens is 1. The lowest BCUT2D eigenvalue weighted by atomic mass is 9.43. The van der Waals surface area contributed by atoms with Crippen LogP contribution in [0.2, 0.25) is 0 Å². The van der Waals surface area contributed by atoms with Gasteiger partial charge in [0.2, 0.25) is 0 Å².